The first kappa shape index (κ1) is 19.0. The number of aromatic carboxylic acids is 1. The molecule has 0 spiro atoms. The number of aromatic nitrogens is 2. The molecule has 0 aliphatic heterocycles. The van der Waals surface area contributed by atoms with Gasteiger partial charge in [-0.2, -0.15) is 0 Å². The van der Waals surface area contributed by atoms with Crippen LogP contribution in [-0.4, -0.2) is 30.2 Å². The van der Waals surface area contributed by atoms with Crippen molar-refractivity contribution in [3.63, 3.8) is 0 Å². The van der Waals surface area contributed by atoms with Crippen LogP contribution in [0.25, 0.3) is 4.85 Å². The second-order valence-electron chi connectivity index (χ2n) is 5.14. The van der Waals surface area contributed by atoms with E-state index in [9.17, 15) is 9.90 Å². The van der Waals surface area contributed by atoms with Gasteiger partial charge in [-0.3, -0.25) is 4.57 Å². The van der Waals surface area contributed by atoms with Gasteiger partial charge >= 0.3 is 51.4 Å². The van der Waals surface area contributed by atoms with Crippen molar-refractivity contribution >= 4 is 19.9 Å². The molecule has 0 aliphatic rings. The maximum atomic E-state index is 10.8. The zero-order chi connectivity index (χ0) is 13.8. The average molecular weight is 305 g/mol. The Hall–Kier alpha value is -0.0168. The molecule has 1 heterocycles. The van der Waals surface area contributed by atoms with E-state index in [2.05, 4.69) is 29.5 Å². The fraction of sp³-hybridized carbons (Fsp3) is 0.545. The summed E-state index contributed by atoms with van der Waals surface area (Å²) < 4.78 is 6.69. The molecule has 0 atom stereocenters. The molecule has 0 saturated carbocycles. The number of carboxylic acids is 1. The molecule has 0 aromatic carbocycles. The Balaban J connectivity index is 0.00000324. The molecule has 1 rings (SSSR count). The fourth-order valence-electron chi connectivity index (χ4n) is 1.26. The number of carbonyl (C=O) groups excluding carboxylic acids is 1. The number of rotatable bonds is 6. The number of imidazole rings is 1. The van der Waals surface area contributed by atoms with E-state index >= 15 is 0 Å². The molecule has 0 amide bonds. The SMILES string of the molecule is [C-]#[N+]c1cn(COCC[Si](C)(C)C)c(C(=O)[O-])n1.[K+]. The molecule has 0 unspecified atom stereocenters. The molecule has 6 nitrogen and oxygen atoms in total. The van der Waals surface area contributed by atoms with Gasteiger partial charge in [-0.25, -0.2) is 0 Å². The predicted molar refractivity (Wildman–Crippen MR) is 66.9 cm³/mol. The Morgan fingerprint density at radius 2 is 2.21 bits per heavy atom. The van der Waals surface area contributed by atoms with Gasteiger partial charge < -0.3 is 19.5 Å². The average Bonchev–Trinajstić information content (AvgIpc) is 2.66. The summed E-state index contributed by atoms with van der Waals surface area (Å²) in [4.78, 5) is 17.5. The van der Waals surface area contributed by atoms with E-state index < -0.39 is 14.0 Å². The van der Waals surface area contributed by atoms with E-state index in [1.807, 2.05) is 0 Å². The van der Waals surface area contributed by atoms with Gasteiger partial charge in [0.1, 0.15) is 12.7 Å². The third-order valence-corrected chi connectivity index (χ3v) is 3.99. The van der Waals surface area contributed by atoms with Crippen molar-refractivity contribution in [2.24, 2.45) is 0 Å². The van der Waals surface area contributed by atoms with Gasteiger partial charge in [-0.1, -0.05) is 31.2 Å². The van der Waals surface area contributed by atoms with Gasteiger partial charge in [0.2, 0.25) is 0 Å². The van der Waals surface area contributed by atoms with Gasteiger partial charge in [0, 0.05) is 20.9 Å². The van der Waals surface area contributed by atoms with Crippen molar-refractivity contribution in [2.45, 2.75) is 32.4 Å². The van der Waals surface area contributed by atoms with E-state index in [1.165, 1.54) is 10.8 Å². The molecular formula is C11H16KN3O3Si. The number of carbonyl (C=O) groups is 1. The number of hydrogen-bond donors (Lipinski definition) is 0. The van der Waals surface area contributed by atoms with Crippen LogP contribution in [0, 0.1) is 6.57 Å². The minimum absolute atomic E-state index is 0. The quantitative estimate of drug-likeness (QED) is 0.350. The second kappa shape index (κ2) is 8.31. The number of carboxylic acid groups (broad SMARTS) is 1. The molecule has 0 saturated heterocycles. The van der Waals surface area contributed by atoms with Crippen LogP contribution in [0.1, 0.15) is 10.6 Å². The van der Waals surface area contributed by atoms with E-state index in [-0.39, 0.29) is 69.8 Å². The Morgan fingerprint density at radius 3 is 2.68 bits per heavy atom. The number of nitrogens with zero attached hydrogens (tertiary/aromatic N) is 3. The number of ether oxygens (including phenoxy) is 1. The zero-order valence-corrected chi connectivity index (χ0v) is 15.9. The van der Waals surface area contributed by atoms with Crippen LogP contribution in [0.3, 0.4) is 0 Å². The predicted octanol–water partition coefficient (Wildman–Crippen LogP) is -1.89. The minimum atomic E-state index is -1.40. The van der Waals surface area contributed by atoms with E-state index in [1.54, 1.807) is 0 Å². The van der Waals surface area contributed by atoms with Crippen molar-refractivity contribution in [3.05, 3.63) is 23.4 Å². The van der Waals surface area contributed by atoms with E-state index in [0.717, 1.165) is 6.04 Å². The maximum Gasteiger partial charge on any atom is 1.00 e. The summed E-state index contributed by atoms with van der Waals surface area (Å²) in [6.07, 6.45) is 1.35. The minimum Gasteiger partial charge on any atom is -0.540 e. The number of hydrogen-bond acceptors (Lipinski definition) is 4. The van der Waals surface area contributed by atoms with Crippen molar-refractivity contribution in [1.82, 2.24) is 9.55 Å². The van der Waals surface area contributed by atoms with Crippen molar-refractivity contribution in [3.8, 4) is 0 Å². The van der Waals surface area contributed by atoms with Crippen LogP contribution in [0.15, 0.2) is 6.20 Å². The van der Waals surface area contributed by atoms with Crippen LogP contribution < -0.4 is 56.5 Å². The molecule has 1 aromatic heterocycles. The molecule has 0 N–H and O–H groups in total. The Labute approximate surface area is 156 Å². The molecule has 19 heavy (non-hydrogen) atoms. The van der Waals surface area contributed by atoms with Crippen molar-refractivity contribution in [2.75, 3.05) is 6.61 Å². The summed E-state index contributed by atoms with van der Waals surface area (Å²) in [5.74, 6) is -1.64. The smallest absolute Gasteiger partial charge is 0.540 e. The first-order valence-corrected chi connectivity index (χ1v) is 9.28. The van der Waals surface area contributed by atoms with Gasteiger partial charge in [0.25, 0.3) is 11.6 Å². The van der Waals surface area contributed by atoms with Crippen LogP contribution in [0.5, 0.6) is 0 Å². The van der Waals surface area contributed by atoms with Crippen LogP contribution in [0.4, 0.5) is 5.82 Å². The summed E-state index contributed by atoms with van der Waals surface area (Å²) in [6.45, 7) is 14.1. The van der Waals surface area contributed by atoms with Crippen LogP contribution in [0.2, 0.25) is 25.7 Å². The molecule has 0 fully saturated rings. The van der Waals surface area contributed by atoms with Gasteiger partial charge in [0.05, 0.1) is 0 Å². The largest absolute Gasteiger partial charge is 1.00 e. The monoisotopic (exact) mass is 305 g/mol. The fourth-order valence-corrected chi connectivity index (χ4v) is 2.02. The van der Waals surface area contributed by atoms with Crippen molar-refractivity contribution < 1.29 is 66.0 Å². The second-order valence-corrected chi connectivity index (χ2v) is 10.8. The Morgan fingerprint density at radius 1 is 1.58 bits per heavy atom. The molecule has 1 aromatic rings. The van der Waals surface area contributed by atoms with Gasteiger partial charge in [-0.15, -0.1) is 0 Å². The zero-order valence-electron chi connectivity index (χ0n) is 11.8. The normalized spacial score (nSPS) is 10.6. The third kappa shape index (κ3) is 6.80. The Kier molecular flexibility index (Phi) is 8.30. The van der Waals surface area contributed by atoms with Crippen LogP contribution >= 0.6 is 0 Å². The first-order valence-electron chi connectivity index (χ1n) is 5.57. The third-order valence-electron chi connectivity index (χ3n) is 2.29. The summed E-state index contributed by atoms with van der Waals surface area (Å²) in [5.41, 5.74) is 0. The molecule has 98 valence electrons. The molecule has 0 bridgehead atoms. The molecular weight excluding hydrogens is 289 g/mol. The topological polar surface area (TPSA) is 71.5 Å². The molecule has 8 heteroatoms. The van der Waals surface area contributed by atoms with E-state index in [4.69, 9.17) is 11.3 Å². The first-order chi connectivity index (χ1) is 8.33. The van der Waals surface area contributed by atoms with E-state index in [0.29, 0.717) is 6.61 Å². The molecule has 0 aliphatic carbocycles. The standard InChI is InChI=1S/C11H17N3O3Si.K/c1-12-9-7-14(10(13-9)11(15)16)8-17-5-6-18(2,3)4;/h7H,5-6,8H2,2-4H3,(H,15,16);/q;+1/p-1. The summed E-state index contributed by atoms with van der Waals surface area (Å²) in [5, 5.41) is 10.8. The maximum absolute atomic E-state index is 10.8. The molecule has 0 radical (unpaired) electrons. The Bertz CT molecular complexity index is 477. The van der Waals surface area contributed by atoms with Gasteiger partial charge in [0.15, 0.2) is 0 Å². The summed E-state index contributed by atoms with van der Waals surface area (Å²) in [6, 6.07) is 0.998. The summed E-state index contributed by atoms with van der Waals surface area (Å²) in [7, 11) is -1.16. The summed E-state index contributed by atoms with van der Waals surface area (Å²) >= 11 is 0. The van der Waals surface area contributed by atoms with Gasteiger partial charge in [-0.05, 0) is 6.04 Å². The van der Waals surface area contributed by atoms with Crippen LogP contribution in [-0.2, 0) is 11.5 Å². The van der Waals surface area contributed by atoms with Crippen molar-refractivity contribution in [1.29, 1.82) is 0 Å².